The lowest BCUT2D eigenvalue weighted by atomic mass is 10.1. The lowest BCUT2D eigenvalue weighted by molar-refractivity contribution is -0.131. The summed E-state index contributed by atoms with van der Waals surface area (Å²) in [5.41, 5.74) is 9.92. The van der Waals surface area contributed by atoms with Gasteiger partial charge in [-0.05, 0) is 61.2 Å². The summed E-state index contributed by atoms with van der Waals surface area (Å²) in [6, 6.07) is 13.6. The lowest BCUT2D eigenvalue weighted by Crippen LogP contribution is -2.34. The van der Waals surface area contributed by atoms with Crippen molar-refractivity contribution in [3.05, 3.63) is 69.3 Å². The first-order chi connectivity index (χ1) is 13.4. The monoisotopic (exact) mass is 439 g/mol. The summed E-state index contributed by atoms with van der Waals surface area (Å²) in [5, 5.41) is 1.08. The van der Waals surface area contributed by atoms with Gasteiger partial charge in [0.1, 0.15) is 0 Å². The molecule has 144 valence electrons. The Morgan fingerprint density at radius 3 is 2.54 bits per heavy atom. The predicted octanol–water partition coefficient (Wildman–Crippen LogP) is 4.07. The molecule has 2 aromatic carbocycles. The number of nitrogens with zero attached hydrogens (tertiary/aromatic N) is 1. The molecule has 1 heterocycles. The zero-order valence-electron chi connectivity index (χ0n) is 15.7. The molecule has 3 N–H and O–H groups in total. The number of benzene rings is 2. The second-order valence-corrected chi connectivity index (χ2v) is 8.32. The van der Waals surface area contributed by atoms with Crippen molar-refractivity contribution in [3.63, 3.8) is 0 Å². The Labute approximate surface area is 172 Å². The van der Waals surface area contributed by atoms with Gasteiger partial charge >= 0.3 is 0 Å². The molecule has 3 aromatic rings. The third-order valence-electron chi connectivity index (χ3n) is 5.31. The van der Waals surface area contributed by atoms with Crippen LogP contribution in [0.5, 0.6) is 0 Å². The maximum Gasteiger partial charge on any atom is 0.248 e. The fourth-order valence-electron chi connectivity index (χ4n) is 3.61. The smallest absolute Gasteiger partial charge is 0.248 e. The standard InChI is InChI=1S/C22H22BrN3O2/c1-13-18(19-10-16(23)6-9-20(19)25-13)11-21(27)26(17-7-8-17)12-14-2-4-15(5-3-14)22(24)28/h2-6,9-10,17,25H,7-8,11-12H2,1H3,(H2,24,28). The summed E-state index contributed by atoms with van der Waals surface area (Å²) >= 11 is 3.52. The van der Waals surface area contributed by atoms with E-state index in [4.69, 9.17) is 5.73 Å². The first-order valence-electron chi connectivity index (χ1n) is 9.37. The van der Waals surface area contributed by atoms with E-state index in [1.165, 1.54) is 0 Å². The van der Waals surface area contributed by atoms with E-state index < -0.39 is 5.91 Å². The molecule has 0 atom stereocenters. The number of hydrogen-bond donors (Lipinski definition) is 2. The molecule has 0 aliphatic heterocycles. The molecule has 0 spiro atoms. The van der Waals surface area contributed by atoms with Crippen LogP contribution >= 0.6 is 15.9 Å². The maximum absolute atomic E-state index is 13.2. The maximum atomic E-state index is 13.2. The van der Waals surface area contributed by atoms with E-state index in [0.29, 0.717) is 24.6 Å². The van der Waals surface area contributed by atoms with Crippen molar-refractivity contribution < 1.29 is 9.59 Å². The largest absolute Gasteiger partial charge is 0.366 e. The fourth-order valence-corrected chi connectivity index (χ4v) is 3.97. The summed E-state index contributed by atoms with van der Waals surface area (Å²) < 4.78 is 1.00. The van der Waals surface area contributed by atoms with E-state index in [-0.39, 0.29) is 5.91 Å². The van der Waals surface area contributed by atoms with Crippen LogP contribution in [0.25, 0.3) is 10.9 Å². The van der Waals surface area contributed by atoms with Crippen LogP contribution in [0.2, 0.25) is 0 Å². The molecule has 5 nitrogen and oxygen atoms in total. The van der Waals surface area contributed by atoms with E-state index in [2.05, 4.69) is 27.0 Å². The average Bonchev–Trinajstić information content (AvgIpc) is 3.46. The first-order valence-corrected chi connectivity index (χ1v) is 10.2. The molecule has 0 saturated heterocycles. The van der Waals surface area contributed by atoms with Gasteiger partial charge in [0, 0.05) is 39.2 Å². The summed E-state index contributed by atoms with van der Waals surface area (Å²) in [6.07, 6.45) is 2.46. The number of nitrogens with one attached hydrogen (secondary N) is 1. The summed E-state index contributed by atoms with van der Waals surface area (Å²) in [7, 11) is 0. The van der Waals surface area contributed by atoms with Crippen LogP contribution in [0.15, 0.2) is 46.9 Å². The van der Waals surface area contributed by atoms with Crippen molar-refractivity contribution in [3.8, 4) is 0 Å². The number of aromatic nitrogens is 1. The van der Waals surface area contributed by atoms with Gasteiger partial charge in [0.15, 0.2) is 0 Å². The van der Waals surface area contributed by atoms with Crippen LogP contribution in [0.1, 0.15) is 40.0 Å². The number of carbonyl (C=O) groups excluding carboxylic acids is 2. The van der Waals surface area contributed by atoms with E-state index in [9.17, 15) is 9.59 Å². The van der Waals surface area contributed by atoms with Crippen LogP contribution < -0.4 is 5.73 Å². The van der Waals surface area contributed by atoms with E-state index >= 15 is 0 Å². The molecule has 1 aliphatic carbocycles. The number of aryl methyl sites for hydroxylation is 1. The van der Waals surface area contributed by atoms with Crippen molar-refractivity contribution in [1.29, 1.82) is 0 Å². The highest BCUT2D eigenvalue weighted by Crippen LogP contribution is 2.31. The Balaban J connectivity index is 1.56. The molecule has 0 unspecified atom stereocenters. The summed E-state index contributed by atoms with van der Waals surface area (Å²) in [5.74, 6) is -0.312. The Morgan fingerprint density at radius 2 is 1.89 bits per heavy atom. The van der Waals surface area contributed by atoms with Crippen molar-refractivity contribution in [2.75, 3.05) is 0 Å². The second-order valence-electron chi connectivity index (χ2n) is 7.41. The molecule has 0 bridgehead atoms. The highest BCUT2D eigenvalue weighted by atomic mass is 79.9. The minimum Gasteiger partial charge on any atom is -0.366 e. The summed E-state index contributed by atoms with van der Waals surface area (Å²) in [6.45, 7) is 2.56. The number of primary amides is 1. The number of amides is 2. The molecule has 0 radical (unpaired) electrons. The molecular weight excluding hydrogens is 418 g/mol. The van der Waals surface area contributed by atoms with Gasteiger partial charge in [-0.1, -0.05) is 28.1 Å². The zero-order valence-corrected chi connectivity index (χ0v) is 17.3. The van der Waals surface area contributed by atoms with Gasteiger partial charge in [0.2, 0.25) is 11.8 Å². The Morgan fingerprint density at radius 1 is 1.18 bits per heavy atom. The molecule has 28 heavy (non-hydrogen) atoms. The number of fused-ring (bicyclic) bond motifs is 1. The molecule has 6 heteroatoms. The van der Waals surface area contributed by atoms with Crippen molar-refractivity contribution in [2.45, 2.75) is 38.8 Å². The zero-order chi connectivity index (χ0) is 19.8. The molecule has 1 saturated carbocycles. The van der Waals surface area contributed by atoms with Crippen LogP contribution in [-0.4, -0.2) is 27.7 Å². The number of halogens is 1. The molecule has 1 aliphatic rings. The normalized spacial score (nSPS) is 13.6. The third-order valence-corrected chi connectivity index (χ3v) is 5.80. The predicted molar refractivity (Wildman–Crippen MR) is 113 cm³/mol. The van der Waals surface area contributed by atoms with Crippen molar-refractivity contribution >= 4 is 38.6 Å². The SMILES string of the molecule is Cc1[nH]c2ccc(Br)cc2c1CC(=O)N(Cc1ccc(C(N)=O)cc1)C1CC1. The van der Waals surface area contributed by atoms with Gasteiger partial charge in [0.05, 0.1) is 6.42 Å². The van der Waals surface area contributed by atoms with Gasteiger partial charge in [-0.15, -0.1) is 0 Å². The van der Waals surface area contributed by atoms with Crippen molar-refractivity contribution in [2.24, 2.45) is 5.73 Å². The van der Waals surface area contributed by atoms with Crippen LogP contribution in [0.3, 0.4) is 0 Å². The molecule has 1 aromatic heterocycles. The fraction of sp³-hybridized carbons (Fsp3) is 0.273. The van der Waals surface area contributed by atoms with Gasteiger partial charge in [-0.3, -0.25) is 9.59 Å². The van der Waals surface area contributed by atoms with Crippen LogP contribution in [0.4, 0.5) is 0 Å². The molecule has 2 amide bonds. The number of nitrogens with two attached hydrogens (primary N) is 1. The molecule has 1 fully saturated rings. The number of carbonyl (C=O) groups is 2. The Bertz CT molecular complexity index is 1050. The second kappa shape index (κ2) is 7.43. The minimum atomic E-state index is -0.442. The van der Waals surface area contributed by atoms with Crippen molar-refractivity contribution in [1.82, 2.24) is 9.88 Å². The summed E-state index contributed by atoms with van der Waals surface area (Å²) in [4.78, 5) is 29.8. The molecule has 4 rings (SSSR count). The van der Waals surface area contributed by atoms with E-state index in [1.807, 2.05) is 36.1 Å². The van der Waals surface area contributed by atoms with E-state index in [1.54, 1.807) is 12.1 Å². The van der Waals surface area contributed by atoms with Gasteiger partial charge in [-0.2, -0.15) is 0 Å². The number of aromatic amines is 1. The van der Waals surface area contributed by atoms with Crippen LogP contribution in [-0.2, 0) is 17.8 Å². The first kappa shape index (κ1) is 18.7. The minimum absolute atomic E-state index is 0.130. The van der Waals surface area contributed by atoms with Gasteiger partial charge < -0.3 is 15.6 Å². The highest BCUT2D eigenvalue weighted by Gasteiger charge is 2.33. The van der Waals surface area contributed by atoms with E-state index in [0.717, 1.165) is 45.0 Å². The Hall–Kier alpha value is -2.60. The average molecular weight is 440 g/mol. The quantitative estimate of drug-likeness (QED) is 0.606. The Kier molecular flexibility index (Phi) is 4.98. The highest BCUT2D eigenvalue weighted by molar-refractivity contribution is 9.10. The lowest BCUT2D eigenvalue weighted by Gasteiger charge is -2.23. The number of rotatable bonds is 6. The third kappa shape index (κ3) is 3.83. The number of hydrogen-bond acceptors (Lipinski definition) is 2. The van der Waals surface area contributed by atoms with Gasteiger partial charge in [0.25, 0.3) is 0 Å². The topological polar surface area (TPSA) is 79.2 Å². The van der Waals surface area contributed by atoms with Gasteiger partial charge in [-0.25, -0.2) is 0 Å². The molecular formula is C22H22BrN3O2. The van der Waals surface area contributed by atoms with Crippen LogP contribution in [0, 0.1) is 6.92 Å². The number of H-pyrrole nitrogens is 1.